The Hall–Kier alpha value is -4.15. The first-order valence-corrected chi connectivity index (χ1v) is 11.7. The van der Waals surface area contributed by atoms with Crippen molar-refractivity contribution < 1.29 is 13.6 Å². The predicted molar refractivity (Wildman–Crippen MR) is 130 cm³/mol. The van der Waals surface area contributed by atoms with Crippen LogP contribution in [0.3, 0.4) is 0 Å². The fourth-order valence-corrected chi connectivity index (χ4v) is 4.46. The standard InChI is InChI=1S/C25H25F2N7O2/c1-14-3-4-15(2)17(11-14)13-34-23-21(31-32-34)24(35)30-22(29-23)16-7-9-33(10-8-16)25(36)28-20-6-5-18(26)12-19(20)27/h3-6,11-12,16H,7-10,13H2,1-2H3,(H,28,36)(H,29,30,35). The maximum Gasteiger partial charge on any atom is 0.321 e. The Balaban J connectivity index is 1.31. The van der Waals surface area contributed by atoms with Crippen LogP contribution in [0, 0.1) is 25.5 Å². The van der Waals surface area contributed by atoms with Gasteiger partial charge in [0.1, 0.15) is 17.5 Å². The van der Waals surface area contributed by atoms with Crippen molar-refractivity contribution in [2.75, 3.05) is 18.4 Å². The fourth-order valence-electron chi connectivity index (χ4n) is 4.46. The number of amides is 2. The molecule has 1 saturated heterocycles. The van der Waals surface area contributed by atoms with Gasteiger partial charge in [0.05, 0.1) is 12.2 Å². The summed E-state index contributed by atoms with van der Waals surface area (Å²) in [5.41, 5.74) is 3.48. The molecule has 0 atom stereocenters. The minimum Gasteiger partial charge on any atom is -0.324 e. The molecule has 0 saturated carbocycles. The van der Waals surface area contributed by atoms with Crippen molar-refractivity contribution in [2.24, 2.45) is 0 Å². The summed E-state index contributed by atoms with van der Waals surface area (Å²) in [5, 5.41) is 10.7. The third kappa shape index (κ3) is 4.68. The molecule has 0 unspecified atom stereocenters. The van der Waals surface area contributed by atoms with Crippen LogP contribution in [0.4, 0.5) is 19.3 Å². The fraction of sp³-hybridized carbons (Fsp3) is 0.320. The van der Waals surface area contributed by atoms with Crippen LogP contribution in [-0.4, -0.2) is 49.0 Å². The number of carbonyl (C=O) groups excluding carboxylic acids is 1. The van der Waals surface area contributed by atoms with Crippen LogP contribution in [0.15, 0.2) is 41.2 Å². The molecule has 0 aliphatic carbocycles. The van der Waals surface area contributed by atoms with Gasteiger partial charge in [-0.3, -0.25) is 4.79 Å². The lowest BCUT2D eigenvalue weighted by molar-refractivity contribution is 0.193. The molecule has 9 nitrogen and oxygen atoms in total. The molecule has 0 spiro atoms. The molecule has 1 aliphatic rings. The van der Waals surface area contributed by atoms with Gasteiger partial charge in [-0.05, 0) is 49.9 Å². The van der Waals surface area contributed by atoms with Crippen LogP contribution < -0.4 is 10.9 Å². The number of aromatic amines is 1. The zero-order chi connectivity index (χ0) is 25.4. The molecule has 0 radical (unpaired) electrons. The van der Waals surface area contributed by atoms with Crippen molar-refractivity contribution in [3.63, 3.8) is 0 Å². The number of carbonyl (C=O) groups is 1. The molecule has 2 aromatic heterocycles. The molecule has 36 heavy (non-hydrogen) atoms. The molecule has 2 N–H and O–H groups in total. The summed E-state index contributed by atoms with van der Waals surface area (Å²) in [4.78, 5) is 34.4. The van der Waals surface area contributed by atoms with Crippen molar-refractivity contribution in [3.8, 4) is 0 Å². The zero-order valence-corrected chi connectivity index (χ0v) is 19.9. The van der Waals surface area contributed by atoms with E-state index in [4.69, 9.17) is 4.98 Å². The second-order valence-electron chi connectivity index (χ2n) is 9.12. The molecule has 5 rings (SSSR count). The van der Waals surface area contributed by atoms with E-state index in [1.54, 1.807) is 9.58 Å². The lowest BCUT2D eigenvalue weighted by Crippen LogP contribution is -2.41. The normalized spacial score (nSPS) is 14.4. The Morgan fingerprint density at radius 2 is 1.92 bits per heavy atom. The lowest BCUT2D eigenvalue weighted by Gasteiger charge is -2.31. The number of piperidine rings is 1. The number of aryl methyl sites for hydroxylation is 2. The van der Waals surface area contributed by atoms with Crippen molar-refractivity contribution in [1.29, 1.82) is 0 Å². The molecule has 0 bridgehead atoms. The van der Waals surface area contributed by atoms with Crippen molar-refractivity contribution in [3.05, 3.63) is 80.9 Å². The Labute approximate surface area is 205 Å². The Kier molecular flexibility index (Phi) is 6.21. The second-order valence-corrected chi connectivity index (χ2v) is 9.12. The molecular weight excluding hydrogens is 468 g/mol. The number of fused-ring (bicyclic) bond motifs is 1. The number of nitrogens with one attached hydrogen (secondary N) is 2. The third-order valence-electron chi connectivity index (χ3n) is 6.56. The summed E-state index contributed by atoms with van der Waals surface area (Å²) in [7, 11) is 0. The Bertz CT molecular complexity index is 1510. The van der Waals surface area contributed by atoms with E-state index in [-0.39, 0.29) is 22.7 Å². The maximum absolute atomic E-state index is 13.9. The number of hydrogen-bond donors (Lipinski definition) is 2. The van der Waals surface area contributed by atoms with E-state index in [0.717, 1.165) is 28.8 Å². The van der Waals surface area contributed by atoms with Gasteiger partial charge in [0.2, 0.25) is 0 Å². The highest BCUT2D eigenvalue weighted by atomic mass is 19.1. The molecule has 2 amide bonds. The second kappa shape index (κ2) is 9.48. The average molecular weight is 494 g/mol. The van der Waals surface area contributed by atoms with Crippen LogP contribution in [-0.2, 0) is 6.54 Å². The largest absolute Gasteiger partial charge is 0.324 e. The number of aromatic nitrogens is 5. The van der Waals surface area contributed by atoms with Gasteiger partial charge in [0.25, 0.3) is 5.56 Å². The van der Waals surface area contributed by atoms with Gasteiger partial charge in [-0.25, -0.2) is 23.2 Å². The topological polar surface area (TPSA) is 109 Å². The molecule has 2 aromatic carbocycles. The van der Waals surface area contributed by atoms with Gasteiger partial charge in [0.15, 0.2) is 11.2 Å². The number of anilines is 1. The summed E-state index contributed by atoms with van der Waals surface area (Å²) < 4.78 is 28.6. The molecule has 4 aromatic rings. The third-order valence-corrected chi connectivity index (χ3v) is 6.56. The van der Waals surface area contributed by atoms with Crippen molar-refractivity contribution in [1.82, 2.24) is 29.9 Å². The molecule has 3 heterocycles. The van der Waals surface area contributed by atoms with E-state index in [2.05, 4.69) is 26.7 Å². The van der Waals surface area contributed by atoms with Crippen LogP contribution in [0.5, 0.6) is 0 Å². The monoisotopic (exact) mass is 493 g/mol. The number of likely N-dealkylation sites (tertiary alicyclic amines) is 1. The summed E-state index contributed by atoms with van der Waals surface area (Å²) >= 11 is 0. The maximum atomic E-state index is 13.9. The predicted octanol–water partition coefficient (Wildman–Crippen LogP) is 3.87. The zero-order valence-electron chi connectivity index (χ0n) is 19.9. The number of urea groups is 1. The molecule has 186 valence electrons. The van der Waals surface area contributed by atoms with Gasteiger partial charge in [-0.1, -0.05) is 29.0 Å². The van der Waals surface area contributed by atoms with Gasteiger partial charge < -0.3 is 15.2 Å². The van der Waals surface area contributed by atoms with E-state index < -0.39 is 17.7 Å². The number of H-pyrrole nitrogens is 1. The van der Waals surface area contributed by atoms with E-state index >= 15 is 0 Å². The minimum absolute atomic E-state index is 0.0715. The first-order valence-electron chi connectivity index (χ1n) is 11.7. The van der Waals surface area contributed by atoms with Gasteiger partial charge >= 0.3 is 6.03 Å². The van der Waals surface area contributed by atoms with Crippen LogP contribution in [0.1, 0.15) is 41.3 Å². The summed E-state index contributed by atoms with van der Waals surface area (Å²) in [6.45, 7) is 5.26. The van der Waals surface area contributed by atoms with E-state index in [0.29, 0.717) is 43.9 Å². The van der Waals surface area contributed by atoms with E-state index in [1.807, 2.05) is 26.0 Å². The summed E-state index contributed by atoms with van der Waals surface area (Å²) in [6, 6.07) is 8.70. The number of nitrogens with zero attached hydrogens (tertiary/aromatic N) is 5. The van der Waals surface area contributed by atoms with Gasteiger partial charge in [-0.2, -0.15) is 0 Å². The number of benzene rings is 2. The van der Waals surface area contributed by atoms with Crippen LogP contribution >= 0.6 is 0 Å². The van der Waals surface area contributed by atoms with Crippen molar-refractivity contribution >= 4 is 22.9 Å². The molecule has 1 aliphatic heterocycles. The van der Waals surface area contributed by atoms with Gasteiger partial charge in [0, 0.05) is 25.1 Å². The van der Waals surface area contributed by atoms with Crippen molar-refractivity contribution in [2.45, 2.75) is 39.2 Å². The summed E-state index contributed by atoms with van der Waals surface area (Å²) in [6.07, 6.45) is 1.12. The highest BCUT2D eigenvalue weighted by Crippen LogP contribution is 2.26. The highest BCUT2D eigenvalue weighted by molar-refractivity contribution is 5.89. The SMILES string of the molecule is Cc1ccc(C)c(Cn2nnc3c(=O)[nH]c(C4CCN(C(=O)Nc5ccc(F)cc5F)CC4)nc32)c1. The average Bonchev–Trinajstić information content (AvgIpc) is 3.26. The molecule has 1 fully saturated rings. The smallest absolute Gasteiger partial charge is 0.321 e. The Morgan fingerprint density at radius 1 is 1.14 bits per heavy atom. The number of rotatable bonds is 4. The highest BCUT2D eigenvalue weighted by Gasteiger charge is 2.27. The quantitative estimate of drug-likeness (QED) is 0.449. The first-order chi connectivity index (χ1) is 17.3. The van der Waals surface area contributed by atoms with Gasteiger partial charge in [-0.15, -0.1) is 5.10 Å². The molecule has 11 heteroatoms. The lowest BCUT2D eigenvalue weighted by atomic mass is 9.96. The van der Waals surface area contributed by atoms with Crippen LogP contribution in [0.2, 0.25) is 0 Å². The number of hydrogen-bond acceptors (Lipinski definition) is 5. The van der Waals surface area contributed by atoms with E-state index in [9.17, 15) is 18.4 Å². The first kappa shape index (κ1) is 23.6. The van der Waals surface area contributed by atoms with E-state index in [1.165, 1.54) is 6.07 Å². The minimum atomic E-state index is -0.834. The Morgan fingerprint density at radius 3 is 2.67 bits per heavy atom. The van der Waals surface area contributed by atoms with Crippen LogP contribution in [0.25, 0.3) is 11.2 Å². The molecular formula is C25H25F2N7O2. The summed E-state index contributed by atoms with van der Waals surface area (Å²) in [5.74, 6) is -1.09. The number of halogens is 2.